The number of hydrogen-bond acceptors (Lipinski definition) is 4. The van der Waals surface area contributed by atoms with Gasteiger partial charge < -0.3 is 9.47 Å². The van der Waals surface area contributed by atoms with E-state index >= 15 is 0 Å². The Morgan fingerprint density at radius 3 is 0.979 bits per heavy atom. The lowest BCUT2D eigenvalue weighted by molar-refractivity contribution is -0.140. The SMILES string of the molecule is C=Cc1ccccc1.CCCCCCCCCCCCCCCCOC(=O)C=CC(=O)OCCCCCCCCCCCCCCCC. The summed E-state index contributed by atoms with van der Waals surface area (Å²) < 4.78 is 10.4. The molecular weight excluding hydrogens is 592 g/mol. The van der Waals surface area contributed by atoms with Gasteiger partial charge in [-0.05, 0) is 18.4 Å². The highest BCUT2D eigenvalue weighted by Gasteiger charge is 2.02. The predicted octanol–water partition coefficient (Wildman–Crippen LogP) is 13.9. The van der Waals surface area contributed by atoms with Crippen molar-refractivity contribution in [3.05, 3.63) is 54.6 Å². The maximum Gasteiger partial charge on any atom is 0.331 e. The molecule has 0 spiro atoms. The van der Waals surface area contributed by atoms with E-state index < -0.39 is 11.9 Å². The quantitative estimate of drug-likeness (QED) is 0.0425. The summed E-state index contributed by atoms with van der Waals surface area (Å²) in [7, 11) is 0. The number of unbranched alkanes of at least 4 members (excludes halogenated alkanes) is 26. The fourth-order valence-electron chi connectivity index (χ4n) is 5.76. The molecule has 0 fully saturated rings. The van der Waals surface area contributed by atoms with Crippen LogP contribution in [0.2, 0.25) is 0 Å². The first-order chi connectivity index (χ1) is 23.6. The Hall–Kier alpha value is -2.36. The minimum absolute atomic E-state index is 0.426. The van der Waals surface area contributed by atoms with E-state index in [1.165, 1.54) is 172 Å². The van der Waals surface area contributed by atoms with Crippen LogP contribution in [0.25, 0.3) is 6.08 Å². The highest BCUT2D eigenvalue weighted by molar-refractivity contribution is 5.91. The molecule has 0 aliphatic carbocycles. The molecule has 0 radical (unpaired) electrons. The van der Waals surface area contributed by atoms with Gasteiger partial charge in [-0.15, -0.1) is 0 Å². The van der Waals surface area contributed by atoms with Crippen LogP contribution < -0.4 is 0 Å². The molecule has 0 aromatic heterocycles. The largest absolute Gasteiger partial charge is 0.463 e. The smallest absolute Gasteiger partial charge is 0.331 e. The van der Waals surface area contributed by atoms with Crippen molar-refractivity contribution in [2.45, 2.75) is 194 Å². The molecule has 276 valence electrons. The van der Waals surface area contributed by atoms with Crippen molar-refractivity contribution in [3.8, 4) is 0 Å². The molecule has 0 unspecified atom stereocenters. The summed E-state index contributed by atoms with van der Waals surface area (Å²) in [5.74, 6) is -0.911. The maximum absolute atomic E-state index is 11.8. The molecule has 0 aliphatic heterocycles. The van der Waals surface area contributed by atoms with E-state index in [9.17, 15) is 9.59 Å². The number of rotatable bonds is 33. The van der Waals surface area contributed by atoms with Crippen LogP contribution in [-0.4, -0.2) is 25.2 Å². The van der Waals surface area contributed by atoms with Crippen LogP contribution in [0.1, 0.15) is 199 Å². The van der Waals surface area contributed by atoms with Crippen molar-refractivity contribution in [2.75, 3.05) is 13.2 Å². The maximum atomic E-state index is 11.8. The second kappa shape index (κ2) is 39.1. The van der Waals surface area contributed by atoms with E-state index in [1.54, 1.807) is 0 Å². The molecule has 1 rings (SSSR count). The average molecular weight is 669 g/mol. The summed E-state index contributed by atoms with van der Waals surface area (Å²) in [4.78, 5) is 23.6. The van der Waals surface area contributed by atoms with Gasteiger partial charge in [0, 0.05) is 12.2 Å². The number of benzene rings is 1. The lowest BCUT2D eigenvalue weighted by Gasteiger charge is -2.04. The molecular formula is C44H76O4. The van der Waals surface area contributed by atoms with Gasteiger partial charge in [-0.3, -0.25) is 0 Å². The van der Waals surface area contributed by atoms with E-state index in [4.69, 9.17) is 9.47 Å². The Bertz CT molecular complexity index is 799. The number of esters is 2. The molecule has 0 saturated carbocycles. The normalized spacial score (nSPS) is 10.9. The molecule has 0 amide bonds. The highest BCUT2D eigenvalue weighted by atomic mass is 16.5. The van der Waals surface area contributed by atoms with Crippen LogP contribution in [0.4, 0.5) is 0 Å². The number of hydrogen-bond donors (Lipinski definition) is 0. The van der Waals surface area contributed by atoms with Crippen LogP contribution in [0.5, 0.6) is 0 Å². The zero-order valence-electron chi connectivity index (χ0n) is 31.7. The predicted molar refractivity (Wildman–Crippen MR) is 208 cm³/mol. The van der Waals surface area contributed by atoms with Gasteiger partial charge in [-0.1, -0.05) is 224 Å². The van der Waals surface area contributed by atoms with Gasteiger partial charge in [0.1, 0.15) is 0 Å². The first-order valence-corrected chi connectivity index (χ1v) is 20.3. The average Bonchev–Trinajstić information content (AvgIpc) is 3.11. The Kier molecular flexibility index (Phi) is 37.2. The van der Waals surface area contributed by atoms with Crippen LogP contribution >= 0.6 is 0 Å². The van der Waals surface area contributed by atoms with E-state index in [0.29, 0.717) is 13.2 Å². The lowest BCUT2D eigenvalue weighted by Crippen LogP contribution is -2.06. The van der Waals surface area contributed by atoms with Crippen LogP contribution in [0.15, 0.2) is 49.1 Å². The molecule has 0 N–H and O–H groups in total. The van der Waals surface area contributed by atoms with E-state index in [0.717, 1.165) is 25.7 Å². The van der Waals surface area contributed by atoms with Gasteiger partial charge in [0.15, 0.2) is 0 Å². The molecule has 4 heteroatoms. The topological polar surface area (TPSA) is 52.6 Å². The van der Waals surface area contributed by atoms with E-state index in [1.807, 2.05) is 36.4 Å². The molecule has 0 saturated heterocycles. The Labute approximate surface area is 297 Å². The minimum Gasteiger partial charge on any atom is -0.463 e. The molecule has 0 heterocycles. The second-order valence-corrected chi connectivity index (χ2v) is 13.5. The summed E-state index contributed by atoms with van der Waals surface area (Å²) in [6.07, 6.45) is 40.7. The summed E-state index contributed by atoms with van der Waals surface area (Å²) >= 11 is 0. The fraction of sp³-hybridized carbons (Fsp3) is 0.727. The first-order valence-electron chi connectivity index (χ1n) is 20.3. The summed E-state index contributed by atoms with van der Waals surface area (Å²) in [6.45, 7) is 9.02. The van der Waals surface area contributed by atoms with Crippen molar-refractivity contribution in [1.29, 1.82) is 0 Å². The Morgan fingerprint density at radius 2 is 0.729 bits per heavy atom. The second-order valence-electron chi connectivity index (χ2n) is 13.5. The van der Waals surface area contributed by atoms with Gasteiger partial charge in [0.2, 0.25) is 0 Å². The van der Waals surface area contributed by atoms with Crippen molar-refractivity contribution in [3.63, 3.8) is 0 Å². The summed E-state index contributed by atoms with van der Waals surface area (Å²) in [5, 5.41) is 0. The number of ether oxygens (including phenoxy) is 2. The molecule has 1 aromatic rings. The van der Waals surface area contributed by atoms with Crippen molar-refractivity contribution >= 4 is 18.0 Å². The molecule has 4 nitrogen and oxygen atoms in total. The van der Waals surface area contributed by atoms with Crippen LogP contribution in [-0.2, 0) is 19.1 Å². The van der Waals surface area contributed by atoms with E-state index in [-0.39, 0.29) is 0 Å². The van der Waals surface area contributed by atoms with Gasteiger partial charge in [0.05, 0.1) is 13.2 Å². The van der Waals surface area contributed by atoms with Gasteiger partial charge in [-0.2, -0.15) is 0 Å². The molecule has 1 aromatic carbocycles. The summed E-state index contributed by atoms with van der Waals surface area (Å²) in [5.41, 5.74) is 1.17. The monoisotopic (exact) mass is 669 g/mol. The third kappa shape index (κ3) is 36.5. The van der Waals surface area contributed by atoms with Gasteiger partial charge in [-0.25, -0.2) is 9.59 Å². The standard InChI is InChI=1S/C36H68O4.C8H8/c1-3-5-7-9-11-13-15-17-19-21-23-25-27-29-33-39-35(37)31-32-36(38)40-34-30-28-26-24-22-20-18-16-14-12-10-8-6-4-2;1-2-8-6-4-3-5-7-8/h31-32H,3-30,33-34H2,1-2H3;2-7H,1H2. The highest BCUT2D eigenvalue weighted by Crippen LogP contribution is 2.14. The Balaban J connectivity index is 0.00000239. The zero-order chi connectivity index (χ0) is 35.0. The fourth-order valence-corrected chi connectivity index (χ4v) is 5.76. The zero-order valence-corrected chi connectivity index (χ0v) is 31.7. The van der Waals surface area contributed by atoms with Crippen molar-refractivity contribution < 1.29 is 19.1 Å². The Morgan fingerprint density at radius 1 is 0.458 bits per heavy atom. The van der Waals surface area contributed by atoms with Crippen LogP contribution in [0.3, 0.4) is 0 Å². The van der Waals surface area contributed by atoms with Gasteiger partial charge in [0.25, 0.3) is 0 Å². The number of carbonyl (C=O) groups is 2. The number of carbonyl (C=O) groups excluding carboxylic acids is 2. The first kappa shape index (κ1) is 45.6. The third-order valence-electron chi connectivity index (χ3n) is 8.88. The minimum atomic E-state index is -0.455. The van der Waals surface area contributed by atoms with Crippen molar-refractivity contribution in [2.24, 2.45) is 0 Å². The molecule has 0 aliphatic rings. The lowest BCUT2D eigenvalue weighted by atomic mass is 10.0. The van der Waals surface area contributed by atoms with E-state index in [2.05, 4.69) is 20.4 Å². The molecule has 0 atom stereocenters. The molecule has 48 heavy (non-hydrogen) atoms. The molecule has 0 bridgehead atoms. The van der Waals surface area contributed by atoms with Gasteiger partial charge >= 0.3 is 11.9 Å². The van der Waals surface area contributed by atoms with Crippen molar-refractivity contribution in [1.82, 2.24) is 0 Å². The van der Waals surface area contributed by atoms with Crippen LogP contribution in [0, 0.1) is 0 Å². The summed E-state index contributed by atoms with van der Waals surface area (Å²) in [6, 6.07) is 10.0. The third-order valence-corrected chi connectivity index (χ3v) is 8.88.